The molecule has 1 atom stereocenters. The third-order valence-electron chi connectivity index (χ3n) is 5.46. The van der Waals surface area contributed by atoms with Crippen LogP contribution in [0.15, 0.2) is 53.3 Å². The maximum atomic E-state index is 12.7. The van der Waals surface area contributed by atoms with Crippen LogP contribution in [0, 0.1) is 12.8 Å². The minimum Gasteiger partial charge on any atom is -0.497 e. The minimum atomic E-state index is -0.107. The number of carbonyl (C=O) groups excluding carboxylic acids is 1. The van der Waals surface area contributed by atoms with Gasteiger partial charge in [0.2, 0.25) is 5.91 Å². The maximum absolute atomic E-state index is 12.7. The lowest BCUT2D eigenvalue weighted by atomic mass is 9.90. The fraction of sp³-hybridized carbons (Fsp3) is 0.304. The topological polar surface area (TPSA) is 71.2 Å². The van der Waals surface area contributed by atoms with Crippen molar-refractivity contribution in [3.8, 4) is 5.75 Å². The number of fused-ring (bicyclic) bond motifs is 1. The highest BCUT2D eigenvalue weighted by Crippen LogP contribution is 2.44. The summed E-state index contributed by atoms with van der Waals surface area (Å²) >= 11 is 0. The van der Waals surface area contributed by atoms with Crippen molar-refractivity contribution >= 4 is 22.5 Å². The van der Waals surface area contributed by atoms with Gasteiger partial charge in [0.25, 0.3) is 5.56 Å². The largest absolute Gasteiger partial charge is 0.497 e. The van der Waals surface area contributed by atoms with Crippen LogP contribution in [-0.4, -0.2) is 18.0 Å². The molecule has 1 amide bonds. The predicted molar refractivity (Wildman–Crippen MR) is 111 cm³/mol. The Morgan fingerprint density at radius 3 is 2.61 bits per heavy atom. The number of nitrogens with one attached hydrogen (secondary N) is 2. The van der Waals surface area contributed by atoms with Gasteiger partial charge in [-0.15, -0.1) is 0 Å². The third-order valence-corrected chi connectivity index (χ3v) is 5.46. The van der Waals surface area contributed by atoms with Crippen molar-refractivity contribution in [3.05, 3.63) is 70.0 Å². The van der Waals surface area contributed by atoms with Crippen LogP contribution in [-0.2, 0) is 4.79 Å². The summed E-state index contributed by atoms with van der Waals surface area (Å²) in [5.41, 5.74) is 3.17. The number of hydrogen-bond donors (Lipinski definition) is 2. The van der Waals surface area contributed by atoms with Crippen LogP contribution in [0.25, 0.3) is 10.9 Å². The Bertz CT molecular complexity index is 1070. The average Bonchev–Trinajstić information content (AvgIpc) is 3.52. The molecule has 0 saturated heterocycles. The molecule has 144 valence electrons. The lowest BCUT2D eigenvalue weighted by molar-refractivity contribution is -0.116. The maximum Gasteiger partial charge on any atom is 0.251 e. The normalized spacial score (nSPS) is 14.6. The molecule has 28 heavy (non-hydrogen) atoms. The molecule has 1 aromatic heterocycles. The molecule has 0 bridgehead atoms. The zero-order chi connectivity index (χ0) is 19.7. The summed E-state index contributed by atoms with van der Waals surface area (Å²) in [4.78, 5) is 27.4. The van der Waals surface area contributed by atoms with Crippen LogP contribution in [0.1, 0.15) is 36.3 Å². The van der Waals surface area contributed by atoms with Gasteiger partial charge in [-0.25, -0.2) is 0 Å². The summed E-state index contributed by atoms with van der Waals surface area (Å²) in [6, 6.07) is 15.5. The third kappa shape index (κ3) is 3.93. The molecule has 1 aliphatic carbocycles. The highest BCUT2D eigenvalue weighted by molar-refractivity contribution is 5.94. The summed E-state index contributed by atoms with van der Waals surface area (Å²) in [6.45, 7) is 1.78. The molecule has 1 fully saturated rings. The second kappa shape index (κ2) is 7.50. The van der Waals surface area contributed by atoms with Crippen molar-refractivity contribution in [2.45, 2.75) is 32.1 Å². The Hall–Kier alpha value is -3.08. The number of ether oxygens (including phenoxy) is 1. The van der Waals surface area contributed by atoms with E-state index in [2.05, 4.69) is 22.4 Å². The Balaban J connectivity index is 1.49. The zero-order valence-corrected chi connectivity index (χ0v) is 16.1. The Labute approximate surface area is 163 Å². The summed E-state index contributed by atoms with van der Waals surface area (Å²) in [7, 11) is 1.65. The number of benzene rings is 2. The molecule has 2 aromatic carbocycles. The number of aromatic nitrogens is 1. The van der Waals surface area contributed by atoms with Crippen molar-refractivity contribution in [2.24, 2.45) is 5.92 Å². The minimum absolute atomic E-state index is 0.0125. The molecule has 1 heterocycles. The van der Waals surface area contributed by atoms with Crippen molar-refractivity contribution in [2.75, 3.05) is 12.4 Å². The van der Waals surface area contributed by atoms with E-state index in [0.717, 1.165) is 16.7 Å². The molecule has 5 nitrogen and oxygen atoms in total. The van der Waals surface area contributed by atoms with E-state index >= 15 is 0 Å². The SMILES string of the molecule is COc1ccc(C(CC(=O)Nc2ccc3cc(C)c(=O)[nH]c3c2)C2CC2)cc1. The molecule has 1 aliphatic rings. The number of amides is 1. The fourth-order valence-electron chi connectivity index (χ4n) is 3.71. The lowest BCUT2D eigenvalue weighted by Crippen LogP contribution is -2.17. The first-order valence-corrected chi connectivity index (χ1v) is 9.61. The van der Waals surface area contributed by atoms with E-state index in [1.807, 2.05) is 36.4 Å². The van der Waals surface area contributed by atoms with Gasteiger partial charge in [-0.2, -0.15) is 0 Å². The van der Waals surface area contributed by atoms with E-state index in [1.165, 1.54) is 18.4 Å². The molecule has 0 aliphatic heterocycles. The number of anilines is 1. The first-order valence-electron chi connectivity index (χ1n) is 9.61. The van der Waals surface area contributed by atoms with Crippen molar-refractivity contribution < 1.29 is 9.53 Å². The van der Waals surface area contributed by atoms with Gasteiger partial charge in [0.05, 0.1) is 12.6 Å². The van der Waals surface area contributed by atoms with Crippen LogP contribution in [0.3, 0.4) is 0 Å². The zero-order valence-electron chi connectivity index (χ0n) is 16.1. The van der Waals surface area contributed by atoms with Gasteiger partial charge in [0.15, 0.2) is 0 Å². The second-order valence-electron chi connectivity index (χ2n) is 7.55. The van der Waals surface area contributed by atoms with Crippen LogP contribution in [0.5, 0.6) is 5.75 Å². The first kappa shape index (κ1) is 18.3. The standard InChI is InChI=1S/C23H24N2O3/c1-14-11-17-5-8-18(12-21(17)25-23(14)27)24-22(26)13-20(15-3-4-15)16-6-9-19(28-2)10-7-16/h5-12,15,20H,3-4,13H2,1-2H3,(H,24,26)(H,25,27). The summed E-state index contributed by atoms with van der Waals surface area (Å²) in [6.07, 6.45) is 2.78. The Kier molecular flexibility index (Phi) is 4.90. The van der Waals surface area contributed by atoms with Gasteiger partial charge < -0.3 is 15.0 Å². The van der Waals surface area contributed by atoms with Crippen molar-refractivity contribution in [1.29, 1.82) is 0 Å². The Morgan fingerprint density at radius 2 is 1.93 bits per heavy atom. The molecular formula is C23H24N2O3. The second-order valence-corrected chi connectivity index (χ2v) is 7.55. The average molecular weight is 376 g/mol. The van der Waals surface area contributed by atoms with Gasteiger partial charge in [-0.3, -0.25) is 9.59 Å². The summed E-state index contributed by atoms with van der Waals surface area (Å²) < 4.78 is 5.23. The van der Waals surface area contributed by atoms with Gasteiger partial charge in [-0.05, 0) is 72.9 Å². The fourth-order valence-corrected chi connectivity index (χ4v) is 3.71. The highest BCUT2D eigenvalue weighted by Gasteiger charge is 2.33. The molecule has 2 N–H and O–H groups in total. The molecule has 0 radical (unpaired) electrons. The van der Waals surface area contributed by atoms with E-state index in [0.29, 0.717) is 23.6 Å². The molecule has 1 saturated carbocycles. The number of pyridine rings is 1. The number of carbonyl (C=O) groups is 1. The predicted octanol–water partition coefficient (Wildman–Crippen LogP) is 4.37. The van der Waals surface area contributed by atoms with Crippen LogP contribution < -0.4 is 15.6 Å². The molecular weight excluding hydrogens is 352 g/mol. The van der Waals surface area contributed by atoms with Crippen molar-refractivity contribution in [1.82, 2.24) is 4.98 Å². The molecule has 1 unspecified atom stereocenters. The van der Waals surface area contributed by atoms with Gasteiger partial charge in [0, 0.05) is 17.7 Å². The van der Waals surface area contributed by atoms with Crippen LogP contribution in [0.4, 0.5) is 5.69 Å². The van der Waals surface area contributed by atoms with Crippen molar-refractivity contribution in [3.63, 3.8) is 0 Å². The smallest absolute Gasteiger partial charge is 0.251 e. The van der Waals surface area contributed by atoms with E-state index in [9.17, 15) is 9.59 Å². The lowest BCUT2D eigenvalue weighted by Gasteiger charge is -2.17. The molecule has 4 rings (SSSR count). The number of aryl methyl sites for hydroxylation is 1. The highest BCUT2D eigenvalue weighted by atomic mass is 16.5. The molecule has 0 spiro atoms. The van der Waals surface area contributed by atoms with Gasteiger partial charge in [-0.1, -0.05) is 18.2 Å². The van der Waals surface area contributed by atoms with E-state index in [1.54, 1.807) is 14.0 Å². The molecule has 5 heteroatoms. The summed E-state index contributed by atoms with van der Waals surface area (Å²) in [5.74, 6) is 1.59. The van der Waals surface area contributed by atoms with Gasteiger partial charge in [0.1, 0.15) is 5.75 Å². The number of methoxy groups -OCH3 is 1. The number of H-pyrrole nitrogens is 1. The quantitative estimate of drug-likeness (QED) is 0.671. The van der Waals surface area contributed by atoms with Gasteiger partial charge >= 0.3 is 0 Å². The van der Waals surface area contributed by atoms with Crippen LogP contribution in [0.2, 0.25) is 0 Å². The van der Waals surface area contributed by atoms with E-state index < -0.39 is 0 Å². The monoisotopic (exact) mass is 376 g/mol. The van der Waals surface area contributed by atoms with Crippen LogP contribution >= 0.6 is 0 Å². The number of rotatable bonds is 6. The van der Waals surface area contributed by atoms with E-state index in [-0.39, 0.29) is 17.4 Å². The first-order chi connectivity index (χ1) is 13.5. The number of aromatic amines is 1. The Morgan fingerprint density at radius 1 is 1.18 bits per heavy atom. The number of hydrogen-bond acceptors (Lipinski definition) is 3. The van der Waals surface area contributed by atoms with E-state index in [4.69, 9.17) is 4.74 Å². The molecule has 3 aromatic rings. The summed E-state index contributed by atoms with van der Waals surface area (Å²) in [5, 5.41) is 3.94.